The van der Waals surface area contributed by atoms with Gasteiger partial charge in [0.05, 0.1) is 13.2 Å². The molecule has 1 aromatic carbocycles. The van der Waals surface area contributed by atoms with Crippen LogP contribution >= 0.6 is 0 Å². The molecule has 3 heteroatoms. The summed E-state index contributed by atoms with van der Waals surface area (Å²) in [6.07, 6.45) is 2.35. The molecule has 0 saturated carbocycles. The van der Waals surface area contributed by atoms with Gasteiger partial charge in [-0.15, -0.1) is 0 Å². The molecule has 0 aliphatic carbocycles. The Kier molecular flexibility index (Phi) is 5.17. The van der Waals surface area contributed by atoms with E-state index in [9.17, 15) is 0 Å². The summed E-state index contributed by atoms with van der Waals surface area (Å²) in [6, 6.07) is 8.88. The van der Waals surface area contributed by atoms with Gasteiger partial charge in [0.1, 0.15) is 0 Å². The smallest absolute Gasteiger partial charge is 0.0594 e. The van der Waals surface area contributed by atoms with E-state index in [0.29, 0.717) is 0 Å². The van der Waals surface area contributed by atoms with Crippen LogP contribution in [0, 0.1) is 0 Å². The Bertz CT molecular complexity index is 344. The molecule has 0 radical (unpaired) electrons. The molecular weight excluding hydrogens is 224 g/mol. The zero-order valence-corrected chi connectivity index (χ0v) is 11.3. The van der Waals surface area contributed by atoms with Crippen LogP contribution in [0.15, 0.2) is 24.3 Å². The molecule has 1 saturated heterocycles. The summed E-state index contributed by atoms with van der Waals surface area (Å²) in [6.45, 7) is 6.81. The predicted octanol–water partition coefficient (Wildman–Crippen LogP) is 1.97. The summed E-state index contributed by atoms with van der Waals surface area (Å²) in [5.41, 5.74) is 8.91. The fourth-order valence-electron chi connectivity index (χ4n) is 2.39. The van der Waals surface area contributed by atoms with Crippen LogP contribution in [0.4, 0.5) is 0 Å². The Morgan fingerprint density at radius 1 is 1.22 bits per heavy atom. The van der Waals surface area contributed by atoms with Crippen LogP contribution in [-0.4, -0.2) is 37.7 Å². The molecule has 1 aromatic rings. The fraction of sp³-hybridized carbons (Fsp3) is 0.600. The Labute approximate surface area is 110 Å². The number of hydrogen-bond acceptors (Lipinski definition) is 3. The van der Waals surface area contributed by atoms with Crippen LogP contribution in [-0.2, 0) is 11.2 Å². The van der Waals surface area contributed by atoms with Crippen LogP contribution in [0.5, 0.6) is 0 Å². The summed E-state index contributed by atoms with van der Waals surface area (Å²) in [4.78, 5) is 2.38. The lowest BCUT2D eigenvalue weighted by atomic mass is 10.0. The van der Waals surface area contributed by atoms with E-state index < -0.39 is 0 Å². The molecule has 1 unspecified atom stereocenters. The average molecular weight is 248 g/mol. The number of nitrogens with zero attached hydrogens (tertiary/aromatic N) is 1. The van der Waals surface area contributed by atoms with Crippen molar-refractivity contribution >= 4 is 0 Å². The maximum Gasteiger partial charge on any atom is 0.0594 e. The molecule has 2 N–H and O–H groups in total. The van der Waals surface area contributed by atoms with E-state index in [-0.39, 0.29) is 6.04 Å². The highest BCUT2D eigenvalue weighted by Crippen LogP contribution is 2.14. The molecule has 1 aliphatic rings. The second kappa shape index (κ2) is 6.88. The van der Waals surface area contributed by atoms with Gasteiger partial charge in [0, 0.05) is 25.7 Å². The molecule has 0 amide bonds. The van der Waals surface area contributed by atoms with Crippen LogP contribution in [0.2, 0.25) is 0 Å². The molecule has 0 spiro atoms. The van der Waals surface area contributed by atoms with Gasteiger partial charge in [-0.05, 0) is 17.5 Å². The number of ether oxygens (including phenoxy) is 1. The number of nitrogens with two attached hydrogens (primary N) is 1. The molecule has 0 aromatic heterocycles. The Morgan fingerprint density at radius 2 is 1.89 bits per heavy atom. The lowest BCUT2D eigenvalue weighted by molar-refractivity contribution is 0.0352. The molecule has 2 rings (SSSR count). The van der Waals surface area contributed by atoms with Gasteiger partial charge in [-0.3, -0.25) is 4.90 Å². The van der Waals surface area contributed by atoms with Gasteiger partial charge >= 0.3 is 0 Å². The molecule has 3 nitrogen and oxygen atoms in total. The van der Waals surface area contributed by atoms with Crippen molar-refractivity contribution < 1.29 is 4.74 Å². The molecular formula is C15H24N2O. The highest BCUT2D eigenvalue weighted by atomic mass is 16.5. The van der Waals surface area contributed by atoms with Gasteiger partial charge in [0.2, 0.25) is 0 Å². The molecule has 18 heavy (non-hydrogen) atoms. The lowest BCUT2D eigenvalue weighted by Gasteiger charge is -2.29. The second-order valence-corrected chi connectivity index (χ2v) is 5.01. The van der Waals surface area contributed by atoms with Crippen LogP contribution in [0.25, 0.3) is 0 Å². The number of morpholine rings is 1. The van der Waals surface area contributed by atoms with E-state index >= 15 is 0 Å². The number of aryl methyl sites for hydroxylation is 1. The molecule has 1 heterocycles. The Morgan fingerprint density at radius 3 is 2.50 bits per heavy atom. The van der Waals surface area contributed by atoms with Gasteiger partial charge < -0.3 is 10.5 Å². The van der Waals surface area contributed by atoms with E-state index in [1.54, 1.807) is 0 Å². The van der Waals surface area contributed by atoms with E-state index in [1.165, 1.54) is 17.5 Å². The van der Waals surface area contributed by atoms with E-state index in [0.717, 1.165) is 39.3 Å². The standard InChI is InChI=1S/C15H24N2O/c1-2-3-13-4-6-14(7-5-13)15(16)12-17-8-10-18-11-9-17/h4-7,15H,2-3,8-12,16H2,1H3. The summed E-state index contributed by atoms with van der Waals surface area (Å²) in [5.74, 6) is 0. The summed E-state index contributed by atoms with van der Waals surface area (Å²) in [7, 11) is 0. The monoisotopic (exact) mass is 248 g/mol. The quantitative estimate of drug-likeness (QED) is 0.866. The minimum atomic E-state index is 0.110. The lowest BCUT2D eigenvalue weighted by Crippen LogP contribution is -2.40. The topological polar surface area (TPSA) is 38.5 Å². The highest BCUT2D eigenvalue weighted by molar-refractivity contribution is 5.25. The summed E-state index contributed by atoms with van der Waals surface area (Å²) < 4.78 is 5.35. The molecule has 0 bridgehead atoms. The van der Waals surface area contributed by atoms with E-state index in [4.69, 9.17) is 10.5 Å². The molecule has 1 aliphatic heterocycles. The largest absolute Gasteiger partial charge is 0.379 e. The van der Waals surface area contributed by atoms with Crippen molar-refractivity contribution in [2.75, 3.05) is 32.8 Å². The average Bonchev–Trinajstić information content (AvgIpc) is 2.41. The van der Waals surface area contributed by atoms with Gasteiger partial charge in [-0.2, -0.15) is 0 Å². The number of hydrogen-bond donors (Lipinski definition) is 1. The highest BCUT2D eigenvalue weighted by Gasteiger charge is 2.14. The normalized spacial score (nSPS) is 18.8. The molecule has 1 fully saturated rings. The minimum absolute atomic E-state index is 0.110. The molecule has 100 valence electrons. The summed E-state index contributed by atoms with van der Waals surface area (Å²) >= 11 is 0. The SMILES string of the molecule is CCCc1ccc(C(N)CN2CCOCC2)cc1. The number of rotatable bonds is 5. The van der Waals surface area contributed by atoms with Crippen molar-refractivity contribution in [2.24, 2.45) is 5.73 Å². The van der Waals surface area contributed by atoms with E-state index in [2.05, 4.69) is 36.1 Å². The Hall–Kier alpha value is -0.900. The van der Waals surface area contributed by atoms with Crippen molar-refractivity contribution in [1.82, 2.24) is 4.90 Å². The maximum atomic E-state index is 6.27. The number of benzene rings is 1. The van der Waals surface area contributed by atoms with Gasteiger partial charge in [-0.1, -0.05) is 37.6 Å². The fourth-order valence-corrected chi connectivity index (χ4v) is 2.39. The first-order valence-electron chi connectivity index (χ1n) is 6.94. The third-order valence-corrected chi connectivity index (χ3v) is 3.51. The van der Waals surface area contributed by atoms with Crippen LogP contribution < -0.4 is 5.73 Å². The second-order valence-electron chi connectivity index (χ2n) is 5.01. The maximum absolute atomic E-state index is 6.27. The third-order valence-electron chi connectivity index (χ3n) is 3.51. The van der Waals surface area contributed by atoms with Crippen LogP contribution in [0.1, 0.15) is 30.5 Å². The van der Waals surface area contributed by atoms with Crippen molar-refractivity contribution in [3.63, 3.8) is 0 Å². The first-order chi connectivity index (χ1) is 8.79. The third kappa shape index (κ3) is 3.80. The minimum Gasteiger partial charge on any atom is -0.379 e. The van der Waals surface area contributed by atoms with Gasteiger partial charge in [-0.25, -0.2) is 0 Å². The van der Waals surface area contributed by atoms with Crippen molar-refractivity contribution in [3.05, 3.63) is 35.4 Å². The van der Waals surface area contributed by atoms with Gasteiger partial charge in [0.25, 0.3) is 0 Å². The Balaban J connectivity index is 1.89. The van der Waals surface area contributed by atoms with Crippen molar-refractivity contribution in [1.29, 1.82) is 0 Å². The first kappa shape index (κ1) is 13.5. The zero-order chi connectivity index (χ0) is 12.8. The predicted molar refractivity (Wildman–Crippen MR) is 74.6 cm³/mol. The molecule has 1 atom stereocenters. The zero-order valence-electron chi connectivity index (χ0n) is 11.3. The van der Waals surface area contributed by atoms with Crippen molar-refractivity contribution in [2.45, 2.75) is 25.8 Å². The first-order valence-corrected chi connectivity index (χ1v) is 6.94. The summed E-state index contributed by atoms with van der Waals surface area (Å²) in [5, 5.41) is 0. The van der Waals surface area contributed by atoms with Crippen LogP contribution in [0.3, 0.4) is 0 Å². The van der Waals surface area contributed by atoms with Gasteiger partial charge in [0.15, 0.2) is 0 Å². The van der Waals surface area contributed by atoms with Crippen molar-refractivity contribution in [3.8, 4) is 0 Å². The van der Waals surface area contributed by atoms with E-state index in [1.807, 2.05) is 0 Å².